The molecule has 8 heteroatoms. The molecule has 0 aliphatic carbocycles. The summed E-state index contributed by atoms with van der Waals surface area (Å²) < 4.78 is 38.6. The van der Waals surface area contributed by atoms with Gasteiger partial charge in [-0.3, -0.25) is 4.79 Å². The summed E-state index contributed by atoms with van der Waals surface area (Å²) in [6, 6.07) is 5.05. The number of hydrogen-bond donors (Lipinski definition) is 2. The van der Waals surface area contributed by atoms with Crippen LogP contribution in [0, 0.1) is 5.82 Å². The van der Waals surface area contributed by atoms with E-state index in [9.17, 15) is 17.6 Å². The molecule has 0 aliphatic heterocycles. The summed E-state index contributed by atoms with van der Waals surface area (Å²) in [6.07, 6.45) is 0.716. The Morgan fingerprint density at radius 2 is 1.82 bits per heavy atom. The Kier molecular flexibility index (Phi) is 7.43. The summed E-state index contributed by atoms with van der Waals surface area (Å²) in [7, 11) is 0.425. The number of carbonyl (C=O) groups excluding carboxylic acids is 1. The van der Waals surface area contributed by atoms with E-state index < -0.39 is 21.7 Å². The van der Waals surface area contributed by atoms with Crippen LogP contribution in [0.4, 0.5) is 4.39 Å². The van der Waals surface area contributed by atoms with E-state index in [1.807, 2.05) is 19.0 Å². The van der Waals surface area contributed by atoms with E-state index >= 15 is 0 Å². The molecule has 0 saturated carbocycles. The van der Waals surface area contributed by atoms with Crippen molar-refractivity contribution in [3.63, 3.8) is 0 Å². The molecule has 0 bridgehead atoms. The van der Waals surface area contributed by atoms with Crippen molar-refractivity contribution < 1.29 is 17.6 Å². The molecule has 0 radical (unpaired) electrons. The van der Waals surface area contributed by atoms with Gasteiger partial charge in [-0.2, -0.15) is 0 Å². The van der Waals surface area contributed by atoms with Gasteiger partial charge < -0.3 is 10.2 Å². The molecule has 0 saturated heterocycles. The molecular weight excluding hydrogens is 309 g/mol. The monoisotopic (exact) mass is 331 g/mol. The molecule has 2 N–H and O–H groups in total. The smallest absolute Gasteiger partial charge is 0.251 e. The van der Waals surface area contributed by atoms with Crippen LogP contribution in [0.15, 0.2) is 24.3 Å². The number of hydrogen-bond acceptors (Lipinski definition) is 4. The molecule has 1 amide bonds. The highest BCUT2D eigenvalue weighted by molar-refractivity contribution is 7.89. The summed E-state index contributed by atoms with van der Waals surface area (Å²) in [5, 5.41) is 2.49. The molecule has 0 unspecified atom stereocenters. The first-order chi connectivity index (χ1) is 10.3. The van der Waals surface area contributed by atoms with E-state index in [0.29, 0.717) is 13.0 Å². The lowest BCUT2D eigenvalue weighted by atomic mass is 10.2. The second-order valence-corrected chi connectivity index (χ2v) is 7.06. The van der Waals surface area contributed by atoms with Gasteiger partial charge in [0, 0.05) is 18.7 Å². The summed E-state index contributed by atoms with van der Waals surface area (Å²) in [5.74, 6) is -1.05. The van der Waals surface area contributed by atoms with Crippen LogP contribution in [0.5, 0.6) is 0 Å². The largest absolute Gasteiger partial charge is 0.351 e. The zero-order chi connectivity index (χ0) is 16.6. The molecule has 0 heterocycles. The Bertz CT molecular complexity index is 574. The van der Waals surface area contributed by atoms with Gasteiger partial charge in [-0.1, -0.05) is 0 Å². The number of benzene rings is 1. The van der Waals surface area contributed by atoms with Crippen molar-refractivity contribution in [1.82, 2.24) is 14.9 Å². The van der Waals surface area contributed by atoms with Crippen LogP contribution in [0.2, 0.25) is 0 Å². The number of sulfonamides is 1. The van der Waals surface area contributed by atoms with Crippen LogP contribution in [-0.2, 0) is 10.0 Å². The van der Waals surface area contributed by atoms with Crippen molar-refractivity contribution >= 4 is 15.9 Å². The maximum Gasteiger partial charge on any atom is 0.251 e. The van der Waals surface area contributed by atoms with Crippen LogP contribution in [-0.4, -0.2) is 58.7 Å². The van der Waals surface area contributed by atoms with E-state index in [-0.39, 0.29) is 17.9 Å². The highest BCUT2D eigenvalue weighted by Gasteiger charge is 2.11. The second kappa shape index (κ2) is 8.82. The van der Waals surface area contributed by atoms with E-state index in [1.54, 1.807) is 0 Å². The van der Waals surface area contributed by atoms with Crippen molar-refractivity contribution in [3.05, 3.63) is 35.6 Å². The van der Waals surface area contributed by atoms with Gasteiger partial charge in [-0.15, -0.1) is 0 Å². The number of carbonyl (C=O) groups is 1. The first-order valence-electron chi connectivity index (χ1n) is 6.96. The fraction of sp³-hybridized carbons (Fsp3) is 0.500. The van der Waals surface area contributed by atoms with Crippen molar-refractivity contribution in [1.29, 1.82) is 0 Å². The zero-order valence-corrected chi connectivity index (χ0v) is 13.6. The minimum atomic E-state index is -3.41. The van der Waals surface area contributed by atoms with Crippen molar-refractivity contribution in [3.8, 4) is 0 Å². The first-order valence-corrected chi connectivity index (χ1v) is 8.61. The minimum absolute atomic E-state index is 0.000770. The average molecular weight is 331 g/mol. The Labute approximate surface area is 130 Å². The molecule has 1 aromatic carbocycles. The molecule has 0 spiro atoms. The van der Waals surface area contributed by atoms with Crippen LogP contribution in [0.1, 0.15) is 16.8 Å². The molecule has 22 heavy (non-hydrogen) atoms. The zero-order valence-electron chi connectivity index (χ0n) is 12.8. The highest BCUT2D eigenvalue weighted by atomic mass is 32.2. The molecule has 0 aromatic heterocycles. The third-order valence-electron chi connectivity index (χ3n) is 2.87. The van der Waals surface area contributed by atoms with Gasteiger partial charge in [0.25, 0.3) is 5.91 Å². The summed E-state index contributed by atoms with van der Waals surface area (Å²) in [5.41, 5.74) is 0.290. The first kappa shape index (κ1) is 18.5. The van der Waals surface area contributed by atoms with Crippen molar-refractivity contribution in [2.75, 3.05) is 39.5 Å². The lowest BCUT2D eigenvalue weighted by molar-refractivity contribution is 0.0956. The Morgan fingerprint density at radius 1 is 1.18 bits per heavy atom. The molecule has 0 aliphatic rings. The van der Waals surface area contributed by atoms with Crippen molar-refractivity contribution in [2.45, 2.75) is 6.42 Å². The summed E-state index contributed by atoms with van der Waals surface area (Å²) >= 11 is 0. The third kappa shape index (κ3) is 7.48. The predicted octanol–water partition coefficient (Wildman–Crippen LogP) is 0.427. The molecular formula is C14H22FN3O3S. The van der Waals surface area contributed by atoms with Crippen LogP contribution >= 0.6 is 0 Å². The van der Waals surface area contributed by atoms with Crippen LogP contribution in [0.25, 0.3) is 0 Å². The Hall–Kier alpha value is -1.51. The van der Waals surface area contributed by atoms with Gasteiger partial charge in [-0.25, -0.2) is 17.5 Å². The van der Waals surface area contributed by atoms with Gasteiger partial charge in [0.15, 0.2) is 0 Å². The molecule has 0 atom stereocenters. The fourth-order valence-electron chi connectivity index (χ4n) is 1.70. The molecule has 6 nitrogen and oxygen atoms in total. The number of nitrogens with zero attached hydrogens (tertiary/aromatic N) is 1. The number of halogens is 1. The SMILES string of the molecule is CN(C)CCCNS(=O)(=O)CCNC(=O)c1ccc(F)cc1. The van der Waals surface area contributed by atoms with E-state index in [4.69, 9.17) is 0 Å². The lowest BCUT2D eigenvalue weighted by Gasteiger charge is -2.10. The van der Waals surface area contributed by atoms with Gasteiger partial charge in [-0.05, 0) is 51.3 Å². The molecule has 1 rings (SSSR count). The highest BCUT2D eigenvalue weighted by Crippen LogP contribution is 2.02. The Balaban J connectivity index is 2.30. The Morgan fingerprint density at radius 3 is 2.41 bits per heavy atom. The fourth-order valence-corrected chi connectivity index (χ4v) is 2.67. The average Bonchev–Trinajstić information content (AvgIpc) is 2.44. The summed E-state index contributed by atoms with van der Waals surface area (Å²) in [4.78, 5) is 13.7. The topological polar surface area (TPSA) is 78.5 Å². The minimum Gasteiger partial charge on any atom is -0.351 e. The van der Waals surface area contributed by atoms with E-state index in [2.05, 4.69) is 10.0 Å². The van der Waals surface area contributed by atoms with Gasteiger partial charge in [0.05, 0.1) is 5.75 Å². The van der Waals surface area contributed by atoms with Crippen LogP contribution < -0.4 is 10.0 Å². The maximum atomic E-state index is 12.7. The number of nitrogens with one attached hydrogen (secondary N) is 2. The third-order valence-corrected chi connectivity index (χ3v) is 4.25. The second-order valence-electron chi connectivity index (χ2n) is 5.13. The lowest BCUT2D eigenvalue weighted by Crippen LogP contribution is -2.35. The summed E-state index contributed by atoms with van der Waals surface area (Å²) in [6.45, 7) is 1.16. The quantitative estimate of drug-likeness (QED) is 0.643. The van der Waals surface area contributed by atoms with Gasteiger partial charge >= 0.3 is 0 Å². The number of rotatable bonds is 9. The molecule has 124 valence electrons. The van der Waals surface area contributed by atoms with E-state index in [1.165, 1.54) is 24.3 Å². The predicted molar refractivity (Wildman–Crippen MR) is 83.7 cm³/mol. The van der Waals surface area contributed by atoms with Crippen LogP contribution in [0.3, 0.4) is 0 Å². The molecule has 0 fully saturated rings. The molecule has 1 aromatic rings. The van der Waals surface area contributed by atoms with Gasteiger partial charge in [0.1, 0.15) is 5.82 Å². The van der Waals surface area contributed by atoms with Gasteiger partial charge in [0.2, 0.25) is 10.0 Å². The normalized spacial score (nSPS) is 11.6. The standard InChI is InChI=1S/C14H22FN3O3S/c1-18(2)10-3-8-17-22(20,21)11-9-16-14(19)12-4-6-13(15)7-5-12/h4-7,17H,3,8-11H2,1-2H3,(H,16,19). The maximum absolute atomic E-state index is 12.7. The van der Waals surface area contributed by atoms with Crippen molar-refractivity contribution in [2.24, 2.45) is 0 Å². The number of amides is 1. The van der Waals surface area contributed by atoms with E-state index in [0.717, 1.165) is 6.54 Å².